The largest absolute Gasteiger partial charge is 0.379 e. The van der Waals surface area contributed by atoms with Gasteiger partial charge in [0.05, 0.1) is 11.8 Å². The molecule has 1 aliphatic rings. The van der Waals surface area contributed by atoms with E-state index in [4.69, 9.17) is 4.74 Å². The summed E-state index contributed by atoms with van der Waals surface area (Å²) in [6, 6.07) is 6.66. The number of fused-ring (bicyclic) bond motifs is 1. The Morgan fingerprint density at radius 3 is 2.73 bits per heavy atom. The first-order valence-electron chi connectivity index (χ1n) is 8.86. The van der Waals surface area contributed by atoms with Gasteiger partial charge in [-0.2, -0.15) is 8.42 Å². The number of carbonyl (C=O) groups is 1. The maximum absolute atomic E-state index is 12.2. The summed E-state index contributed by atoms with van der Waals surface area (Å²) in [5.41, 5.74) is 0.527. The van der Waals surface area contributed by atoms with Crippen molar-refractivity contribution in [1.82, 2.24) is 5.32 Å². The molecule has 0 aliphatic carbocycles. The number of benzene rings is 1. The minimum absolute atomic E-state index is 0.0337. The summed E-state index contributed by atoms with van der Waals surface area (Å²) in [6.45, 7) is 7.03. The third kappa shape index (κ3) is 6.10. The second kappa shape index (κ2) is 9.14. The van der Waals surface area contributed by atoms with Crippen LogP contribution in [0.15, 0.2) is 33.6 Å². The zero-order valence-electron chi connectivity index (χ0n) is 15.5. The molecule has 0 saturated carbocycles. The maximum atomic E-state index is 12.2. The quantitative estimate of drug-likeness (QED) is 0.641. The van der Waals surface area contributed by atoms with Crippen LogP contribution >= 0.6 is 0 Å². The Kier molecular flexibility index (Phi) is 7.16. The van der Waals surface area contributed by atoms with E-state index in [1.54, 1.807) is 18.2 Å². The third-order valence-electron chi connectivity index (χ3n) is 3.84. The Morgan fingerprint density at radius 2 is 2.00 bits per heavy atom. The Morgan fingerprint density at radius 1 is 1.27 bits per heavy atom. The summed E-state index contributed by atoms with van der Waals surface area (Å²) in [7, 11) is -3.68. The lowest BCUT2D eigenvalue weighted by atomic mass is 10.0. The Labute approximate surface area is 155 Å². The lowest BCUT2D eigenvalue weighted by molar-refractivity contribution is -0.121. The van der Waals surface area contributed by atoms with E-state index in [2.05, 4.69) is 15.0 Å². The highest BCUT2D eigenvalue weighted by atomic mass is 32.2. The minimum atomic E-state index is -3.68. The van der Waals surface area contributed by atoms with Crippen LogP contribution in [0, 0.1) is 5.92 Å². The van der Waals surface area contributed by atoms with Gasteiger partial charge in [0.1, 0.15) is 10.7 Å². The van der Waals surface area contributed by atoms with Gasteiger partial charge in [-0.15, -0.1) is 4.40 Å². The number of hydrogen-bond donors (Lipinski definition) is 2. The maximum Gasteiger partial charge on any atom is 0.286 e. The van der Waals surface area contributed by atoms with Crippen molar-refractivity contribution < 1.29 is 17.9 Å². The molecule has 1 unspecified atom stereocenters. The van der Waals surface area contributed by atoms with Crippen LogP contribution in [0.1, 0.15) is 40.0 Å². The van der Waals surface area contributed by atoms with Crippen LogP contribution in [0.5, 0.6) is 0 Å². The lowest BCUT2D eigenvalue weighted by Gasteiger charge is -2.20. The van der Waals surface area contributed by atoms with E-state index in [1.165, 1.54) is 6.07 Å². The zero-order valence-corrected chi connectivity index (χ0v) is 16.3. The topological polar surface area (TPSA) is 96.9 Å². The summed E-state index contributed by atoms with van der Waals surface area (Å²) in [4.78, 5) is 12.2. The van der Waals surface area contributed by atoms with E-state index in [0.29, 0.717) is 37.5 Å². The summed E-state index contributed by atoms with van der Waals surface area (Å²) < 4.78 is 33.7. The molecular weight excluding hydrogens is 354 g/mol. The number of rotatable bonds is 9. The summed E-state index contributed by atoms with van der Waals surface area (Å²) >= 11 is 0. The SMILES string of the molecule is CC(CC(=O)NCCCOC(C)C)CC1=NS(=O)(=O)c2ccccc2N1. The van der Waals surface area contributed by atoms with Crippen LogP contribution in [0.4, 0.5) is 5.69 Å². The number of sulfonamides is 1. The molecule has 8 heteroatoms. The molecule has 1 atom stereocenters. The molecule has 1 heterocycles. The molecule has 1 aliphatic heterocycles. The number of amidine groups is 1. The Bertz CT molecular complexity index is 759. The molecule has 0 spiro atoms. The number of hydrogen-bond acceptors (Lipinski definition) is 5. The van der Waals surface area contributed by atoms with Crippen molar-refractivity contribution in [3.8, 4) is 0 Å². The van der Waals surface area contributed by atoms with Gasteiger partial charge in [0.15, 0.2) is 0 Å². The van der Waals surface area contributed by atoms with Crippen molar-refractivity contribution in [2.45, 2.75) is 51.0 Å². The standard InChI is InChI=1S/C18H27N3O4S/c1-13(2)25-10-6-9-19-18(22)12-14(3)11-17-20-15-7-4-5-8-16(15)26(23,24)21-17/h4-5,7-8,13-14H,6,9-12H2,1-3H3,(H,19,22)(H,20,21). The summed E-state index contributed by atoms with van der Waals surface area (Å²) in [5.74, 6) is 0.282. The smallest absolute Gasteiger partial charge is 0.286 e. The number of carbonyl (C=O) groups excluding carboxylic acids is 1. The van der Waals surface area contributed by atoms with Crippen LogP contribution in [-0.2, 0) is 19.6 Å². The molecule has 2 N–H and O–H groups in total. The van der Waals surface area contributed by atoms with E-state index in [-0.39, 0.29) is 22.8 Å². The molecule has 0 radical (unpaired) electrons. The molecule has 1 amide bonds. The summed E-state index contributed by atoms with van der Waals surface area (Å²) in [6.07, 6.45) is 1.66. The number of anilines is 1. The normalized spacial score (nSPS) is 16.4. The molecule has 2 rings (SSSR count). The molecule has 26 heavy (non-hydrogen) atoms. The number of para-hydroxylation sites is 1. The first-order valence-corrected chi connectivity index (χ1v) is 10.3. The van der Waals surface area contributed by atoms with Gasteiger partial charge in [-0.25, -0.2) is 0 Å². The first-order chi connectivity index (χ1) is 12.3. The average Bonchev–Trinajstić information content (AvgIpc) is 2.53. The van der Waals surface area contributed by atoms with Crippen LogP contribution in [0.25, 0.3) is 0 Å². The number of amides is 1. The van der Waals surface area contributed by atoms with Crippen LogP contribution in [0.3, 0.4) is 0 Å². The number of nitrogens with one attached hydrogen (secondary N) is 2. The highest BCUT2D eigenvalue weighted by Crippen LogP contribution is 2.28. The highest BCUT2D eigenvalue weighted by molar-refractivity contribution is 7.90. The van der Waals surface area contributed by atoms with E-state index in [0.717, 1.165) is 6.42 Å². The van der Waals surface area contributed by atoms with Gasteiger partial charge < -0.3 is 15.4 Å². The summed E-state index contributed by atoms with van der Waals surface area (Å²) in [5, 5.41) is 5.91. The van der Waals surface area contributed by atoms with E-state index in [9.17, 15) is 13.2 Å². The van der Waals surface area contributed by atoms with Crippen LogP contribution < -0.4 is 10.6 Å². The van der Waals surface area contributed by atoms with Gasteiger partial charge in [0.2, 0.25) is 5.91 Å². The van der Waals surface area contributed by atoms with Gasteiger partial charge in [0.25, 0.3) is 10.0 Å². The molecule has 0 aromatic heterocycles. The highest BCUT2D eigenvalue weighted by Gasteiger charge is 2.25. The van der Waals surface area contributed by atoms with Gasteiger partial charge >= 0.3 is 0 Å². The van der Waals surface area contributed by atoms with Crippen molar-refractivity contribution in [2.24, 2.45) is 10.3 Å². The molecule has 0 saturated heterocycles. The van der Waals surface area contributed by atoms with Crippen molar-refractivity contribution >= 4 is 27.5 Å². The van der Waals surface area contributed by atoms with E-state index < -0.39 is 10.0 Å². The molecule has 7 nitrogen and oxygen atoms in total. The predicted octanol–water partition coefficient (Wildman–Crippen LogP) is 2.55. The fourth-order valence-electron chi connectivity index (χ4n) is 2.67. The van der Waals surface area contributed by atoms with Gasteiger partial charge in [-0.05, 0) is 38.3 Å². The Hall–Kier alpha value is -1.93. The number of ether oxygens (including phenoxy) is 1. The monoisotopic (exact) mass is 381 g/mol. The molecule has 1 aromatic rings. The molecular formula is C18H27N3O4S. The van der Waals surface area contributed by atoms with Crippen molar-refractivity contribution in [1.29, 1.82) is 0 Å². The molecule has 0 fully saturated rings. The fourth-order valence-corrected chi connectivity index (χ4v) is 3.82. The third-order valence-corrected chi connectivity index (χ3v) is 5.22. The van der Waals surface area contributed by atoms with Crippen molar-refractivity contribution in [3.63, 3.8) is 0 Å². The zero-order chi connectivity index (χ0) is 19.2. The Balaban J connectivity index is 1.80. The van der Waals surface area contributed by atoms with Crippen LogP contribution in [0.2, 0.25) is 0 Å². The number of nitrogens with zero attached hydrogens (tertiary/aromatic N) is 1. The van der Waals surface area contributed by atoms with Crippen molar-refractivity contribution in [3.05, 3.63) is 24.3 Å². The first kappa shape index (κ1) is 20.4. The van der Waals surface area contributed by atoms with Crippen LogP contribution in [-0.4, -0.2) is 39.4 Å². The lowest BCUT2D eigenvalue weighted by Crippen LogP contribution is -2.29. The minimum Gasteiger partial charge on any atom is -0.379 e. The predicted molar refractivity (Wildman–Crippen MR) is 102 cm³/mol. The van der Waals surface area contributed by atoms with Crippen molar-refractivity contribution in [2.75, 3.05) is 18.5 Å². The van der Waals surface area contributed by atoms with Gasteiger partial charge in [-0.3, -0.25) is 4.79 Å². The van der Waals surface area contributed by atoms with Gasteiger partial charge in [-0.1, -0.05) is 19.1 Å². The fraction of sp³-hybridized carbons (Fsp3) is 0.556. The molecule has 144 valence electrons. The second-order valence-corrected chi connectivity index (χ2v) is 8.34. The second-order valence-electron chi connectivity index (χ2n) is 6.77. The molecule has 0 bridgehead atoms. The van der Waals surface area contributed by atoms with Gasteiger partial charge in [0, 0.05) is 26.0 Å². The molecule has 1 aromatic carbocycles. The average molecular weight is 381 g/mol. The van der Waals surface area contributed by atoms with E-state index in [1.807, 2.05) is 20.8 Å². The van der Waals surface area contributed by atoms with E-state index >= 15 is 0 Å².